The predicted molar refractivity (Wildman–Crippen MR) is 212 cm³/mol. The first kappa shape index (κ1) is 42.3. The highest BCUT2D eigenvalue weighted by atomic mass is 31.2. The van der Waals surface area contributed by atoms with Gasteiger partial charge in [0.15, 0.2) is 0 Å². The molecule has 0 saturated carbocycles. The number of ether oxygens (including phenoxy) is 4. The zero-order chi connectivity index (χ0) is 40.2. The van der Waals surface area contributed by atoms with Gasteiger partial charge in [-0.2, -0.15) is 10.5 Å². The molecule has 14 heteroatoms. The molecule has 1 N–H and O–H groups in total. The quantitative estimate of drug-likeness (QED) is 0.0590. The molecular formula is C42H50N5O8P. The second-order valence-electron chi connectivity index (χ2n) is 13.9. The van der Waals surface area contributed by atoms with Gasteiger partial charge in [-0.25, -0.2) is 9.46 Å². The number of nitriles is 2. The number of nitrogens with one attached hydrogen (secondary N) is 1. The van der Waals surface area contributed by atoms with Crippen LogP contribution in [0.4, 0.5) is 0 Å². The molecule has 0 bridgehead atoms. The molecule has 0 radical (unpaired) electrons. The van der Waals surface area contributed by atoms with E-state index in [9.17, 15) is 20.1 Å². The van der Waals surface area contributed by atoms with E-state index in [0.717, 1.165) is 16.7 Å². The van der Waals surface area contributed by atoms with E-state index >= 15 is 0 Å². The van der Waals surface area contributed by atoms with Gasteiger partial charge >= 0.3 is 5.69 Å². The number of methoxy groups -OCH3 is 2. The number of nitrogens with zero attached hydrogens (tertiary/aromatic N) is 4. The Morgan fingerprint density at radius 1 is 0.839 bits per heavy atom. The van der Waals surface area contributed by atoms with Crippen LogP contribution in [0.15, 0.2) is 101 Å². The molecule has 296 valence electrons. The van der Waals surface area contributed by atoms with Gasteiger partial charge < -0.3 is 28.0 Å². The van der Waals surface area contributed by atoms with Crippen molar-refractivity contribution in [1.82, 2.24) is 14.2 Å². The van der Waals surface area contributed by atoms with Gasteiger partial charge in [0, 0.05) is 36.7 Å². The first-order valence-electron chi connectivity index (χ1n) is 18.6. The number of H-pyrrole nitrogens is 1. The molecule has 2 heterocycles. The molecule has 1 saturated heterocycles. The number of aromatic nitrogens is 2. The molecule has 4 aromatic rings. The number of benzene rings is 3. The Balaban J connectivity index is 1.67. The Hall–Kier alpha value is -4.85. The van der Waals surface area contributed by atoms with Gasteiger partial charge in [-0.05, 0) is 75.1 Å². The summed E-state index contributed by atoms with van der Waals surface area (Å²) in [5.41, 5.74) is 0.0704. The third kappa shape index (κ3) is 9.56. The number of rotatable bonds is 19. The summed E-state index contributed by atoms with van der Waals surface area (Å²) in [6.45, 7) is 8.29. The van der Waals surface area contributed by atoms with Crippen LogP contribution in [0.3, 0.4) is 0 Å². The first-order valence-corrected chi connectivity index (χ1v) is 19.8. The van der Waals surface area contributed by atoms with Gasteiger partial charge in [-0.1, -0.05) is 54.6 Å². The summed E-state index contributed by atoms with van der Waals surface area (Å²) < 4.78 is 42.0. The maximum Gasteiger partial charge on any atom is 0.330 e. The first-order chi connectivity index (χ1) is 27.1. The van der Waals surface area contributed by atoms with Crippen molar-refractivity contribution < 1.29 is 28.0 Å². The fraction of sp³-hybridized carbons (Fsp3) is 0.429. The second kappa shape index (κ2) is 19.8. The van der Waals surface area contributed by atoms with Crippen LogP contribution in [0, 0.1) is 28.6 Å². The van der Waals surface area contributed by atoms with E-state index in [2.05, 4.69) is 21.8 Å². The maximum absolute atomic E-state index is 13.3. The van der Waals surface area contributed by atoms with Crippen LogP contribution in [0.2, 0.25) is 0 Å². The molecule has 5 rings (SSSR count). The second-order valence-corrected chi connectivity index (χ2v) is 15.3. The Bertz CT molecular complexity index is 1990. The van der Waals surface area contributed by atoms with E-state index in [1.807, 2.05) is 107 Å². The molecule has 13 nitrogen and oxygen atoms in total. The van der Waals surface area contributed by atoms with E-state index in [-0.39, 0.29) is 38.1 Å². The molecule has 0 spiro atoms. The van der Waals surface area contributed by atoms with E-state index in [1.165, 1.54) is 16.8 Å². The van der Waals surface area contributed by atoms with Gasteiger partial charge in [0.05, 0.1) is 46.0 Å². The highest BCUT2D eigenvalue weighted by Gasteiger charge is 2.50. The van der Waals surface area contributed by atoms with Crippen molar-refractivity contribution in [3.8, 4) is 23.6 Å². The van der Waals surface area contributed by atoms with Crippen molar-refractivity contribution in [1.29, 1.82) is 10.5 Å². The average Bonchev–Trinajstić information content (AvgIpc) is 3.53. The molecule has 3 aromatic carbocycles. The van der Waals surface area contributed by atoms with Gasteiger partial charge in [0.1, 0.15) is 35.5 Å². The minimum absolute atomic E-state index is 0.00580. The van der Waals surface area contributed by atoms with Crippen LogP contribution < -0.4 is 20.7 Å². The van der Waals surface area contributed by atoms with Crippen molar-refractivity contribution in [2.75, 3.05) is 27.4 Å². The van der Waals surface area contributed by atoms with Crippen LogP contribution >= 0.6 is 8.53 Å². The zero-order valence-electron chi connectivity index (χ0n) is 32.7. The maximum atomic E-state index is 13.3. The minimum Gasteiger partial charge on any atom is -0.497 e. The lowest BCUT2D eigenvalue weighted by atomic mass is 9.80. The van der Waals surface area contributed by atoms with Crippen LogP contribution in [-0.2, 0) is 24.1 Å². The Morgan fingerprint density at radius 3 is 1.93 bits per heavy atom. The summed E-state index contributed by atoms with van der Waals surface area (Å²) in [4.78, 5) is 27.8. The van der Waals surface area contributed by atoms with Gasteiger partial charge in [0.2, 0.25) is 0 Å². The smallest absolute Gasteiger partial charge is 0.330 e. The molecule has 0 aliphatic carbocycles. The van der Waals surface area contributed by atoms with Crippen LogP contribution in [-0.4, -0.2) is 65.9 Å². The van der Waals surface area contributed by atoms with Crippen molar-refractivity contribution in [2.24, 2.45) is 5.92 Å². The van der Waals surface area contributed by atoms with Crippen molar-refractivity contribution in [3.05, 3.63) is 129 Å². The number of hydrogen-bond donors (Lipinski definition) is 1. The normalized spacial score (nSPS) is 18.8. The van der Waals surface area contributed by atoms with E-state index in [0.29, 0.717) is 17.9 Å². The number of aromatic amines is 1. The fourth-order valence-corrected chi connectivity index (χ4v) is 9.00. The Kier molecular flexibility index (Phi) is 15.0. The summed E-state index contributed by atoms with van der Waals surface area (Å²) in [6.07, 6.45) is -0.492. The zero-order valence-corrected chi connectivity index (χ0v) is 33.6. The largest absolute Gasteiger partial charge is 0.497 e. The minimum atomic E-state index is -1.79. The van der Waals surface area contributed by atoms with Crippen molar-refractivity contribution in [3.63, 3.8) is 0 Å². The molecule has 1 aliphatic heterocycles. The monoisotopic (exact) mass is 783 g/mol. The molecule has 1 aliphatic rings. The summed E-state index contributed by atoms with van der Waals surface area (Å²) in [6, 6.07) is 30.9. The fourth-order valence-electron chi connectivity index (χ4n) is 7.19. The molecule has 1 aromatic heterocycles. The van der Waals surface area contributed by atoms with Crippen molar-refractivity contribution >= 4 is 8.53 Å². The third-order valence-corrected chi connectivity index (χ3v) is 11.8. The third-order valence-electron chi connectivity index (χ3n) is 9.70. The lowest BCUT2D eigenvalue weighted by Crippen LogP contribution is -2.41. The van der Waals surface area contributed by atoms with E-state index in [1.54, 1.807) is 14.2 Å². The molecule has 56 heavy (non-hydrogen) atoms. The van der Waals surface area contributed by atoms with Crippen LogP contribution in [0.5, 0.6) is 11.5 Å². The molecule has 0 amide bonds. The SMILES string of the molecule is COc1ccc(C(OC[C@H]2O[C@@H](n3ccc(=O)[nH]c3=O)[C@H](CCC#N)[C@@H]2OP(OCCC#N)N(C(C)C)C(C)C)(c2ccccc2)c2ccc(OC)cc2)cc1. The molecule has 5 atom stereocenters. The van der Waals surface area contributed by atoms with E-state index < -0.39 is 49.7 Å². The van der Waals surface area contributed by atoms with Crippen molar-refractivity contribution in [2.45, 2.75) is 83.1 Å². The van der Waals surface area contributed by atoms with Crippen LogP contribution in [0.25, 0.3) is 0 Å². The highest BCUT2D eigenvalue weighted by Crippen LogP contribution is 2.52. The van der Waals surface area contributed by atoms with E-state index in [4.69, 9.17) is 28.0 Å². The standard InChI is InChI=1S/C42H50N5O8P/c1-29(2)47(30(3)4)56(53-27-11-25-44)55-39-36(14-10-24-43)40(46-26-23-38(48)45-41(46)49)54-37(39)28-52-42(31-12-8-7-9-13-31,32-15-19-34(50-5)20-16-32)33-17-21-35(51-6)22-18-33/h7-9,12-13,15-23,26,29-30,36-37,39-40H,10-11,14,27-28H2,1-6H3,(H,45,48,49)/t36-,37-,39+,40-,56?/m1/s1. The van der Waals surface area contributed by atoms with Gasteiger partial charge in [-0.15, -0.1) is 0 Å². The molecular weight excluding hydrogens is 733 g/mol. The predicted octanol–water partition coefficient (Wildman–Crippen LogP) is 7.04. The van der Waals surface area contributed by atoms with Gasteiger partial charge in [0.25, 0.3) is 14.1 Å². The summed E-state index contributed by atoms with van der Waals surface area (Å²) in [5, 5.41) is 19.2. The summed E-state index contributed by atoms with van der Waals surface area (Å²) in [5.74, 6) is 0.806. The lowest BCUT2D eigenvalue weighted by molar-refractivity contribution is -0.0933. The average molecular weight is 784 g/mol. The Labute approximate surface area is 329 Å². The molecule has 1 unspecified atom stereocenters. The topological polar surface area (TPSA) is 161 Å². The van der Waals surface area contributed by atoms with Gasteiger partial charge in [-0.3, -0.25) is 14.3 Å². The Morgan fingerprint density at radius 2 is 1.41 bits per heavy atom. The molecule has 1 fully saturated rings. The summed E-state index contributed by atoms with van der Waals surface area (Å²) >= 11 is 0. The highest BCUT2D eigenvalue weighted by molar-refractivity contribution is 7.44. The lowest BCUT2D eigenvalue weighted by Gasteiger charge is -2.39. The number of hydrogen-bond acceptors (Lipinski definition) is 11. The summed E-state index contributed by atoms with van der Waals surface area (Å²) in [7, 11) is 1.44. The van der Waals surface area contributed by atoms with Crippen LogP contribution in [0.1, 0.15) is 69.9 Å².